The van der Waals surface area contributed by atoms with Gasteiger partial charge in [-0.2, -0.15) is 0 Å². The molecule has 0 heterocycles. The minimum Gasteiger partial charge on any atom is -0.317 e. The maximum atomic E-state index is 7.90. The first kappa shape index (κ1) is 28.6. The molecule has 4 N–H and O–H groups in total. The second-order valence-electron chi connectivity index (χ2n) is 7.53. The second kappa shape index (κ2) is 19.1. The Morgan fingerprint density at radius 3 is 1.04 bits per heavy atom. The molecule has 0 aliphatic rings. The molecule has 0 saturated heterocycles. The van der Waals surface area contributed by atoms with Gasteiger partial charge in [0.2, 0.25) is 0 Å². The molecule has 0 aliphatic heterocycles. The average molecular weight is 353 g/mol. The molecule has 0 aliphatic carbocycles. The third-order valence-corrected chi connectivity index (χ3v) is 2.50. The van der Waals surface area contributed by atoms with Crippen LogP contribution in [0.25, 0.3) is 0 Å². The van der Waals surface area contributed by atoms with Gasteiger partial charge < -0.3 is 10.6 Å². The van der Waals surface area contributed by atoms with Gasteiger partial charge in [0.1, 0.15) is 0 Å². The molecule has 0 spiro atoms. The Labute approximate surface area is 150 Å². The predicted molar refractivity (Wildman–Crippen MR) is 102 cm³/mol. The van der Waals surface area contributed by atoms with Gasteiger partial charge in [0.25, 0.3) is 0 Å². The standard InChI is InChI=1S/C10H24N2.2C4H10O2/c1-3-11-9-7-5-6-8-10-12-4-2;2*1-4(2,3)6-5/h11-12H,3-10H2,1-2H3;2*5H,1-3H3. The Morgan fingerprint density at radius 1 is 0.625 bits per heavy atom. The van der Waals surface area contributed by atoms with E-state index in [1.165, 1.54) is 38.8 Å². The van der Waals surface area contributed by atoms with E-state index < -0.39 is 11.2 Å². The van der Waals surface area contributed by atoms with Crippen LogP contribution in [0.15, 0.2) is 0 Å². The summed E-state index contributed by atoms with van der Waals surface area (Å²) in [5, 5.41) is 22.5. The van der Waals surface area contributed by atoms with E-state index >= 15 is 0 Å². The van der Waals surface area contributed by atoms with Crippen LogP contribution in [-0.4, -0.2) is 47.9 Å². The topological polar surface area (TPSA) is 83.0 Å². The van der Waals surface area contributed by atoms with Gasteiger partial charge in [-0.05, 0) is 80.6 Å². The van der Waals surface area contributed by atoms with Crippen LogP contribution in [0.3, 0.4) is 0 Å². The minimum absolute atomic E-state index is 0.403. The lowest BCUT2D eigenvalue weighted by Crippen LogP contribution is -2.15. The molecule has 0 atom stereocenters. The fourth-order valence-electron chi connectivity index (χ4n) is 1.21. The van der Waals surface area contributed by atoms with Crippen LogP contribution in [0.1, 0.15) is 81.1 Å². The predicted octanol–water partition coefficient (Wildman–Crippen LogP) is 4.31. The lowest BCUT2D eigenvalue weighted by molar-refractivity contribution is -0.306. The van der Waals surface area contributed by atoms with Crippen molar-refractivity contribution in [2.24, 2.45) is 0 Å². The lowest BCUT2D eigenvalue weighted by Gasteiger charge is -2.10. The van der Waals surface area contributed by atoms with E-state index in [0.717, 1.165) is 13.1 Å². The SMILES string of the molecule is CC(C)(C)OO.CC(C)(C)OO.CCNCCCCCCNCC. The van der Waals surface area contributed by atoms with Crippen molar-refractivity contribution < 1.29 is 20.3 Å². The summed E-state index contributed by atoms with van der Waals surface area (Å²) in [5.74, 6) is 0. The Kier molecular flexibility index (Phi) is 22.7. The third kappa shape index (κ3) is 43.0. The van der Waals surface area contributed by atoms with Gasteiger partial charge in [-0.1, -0.05) is 26.7 Å². The van der Waals surface area contributed by atoms with Crippen molar-refractivity contribution in [2.45, 2.75) is 92.3 Å². The van der Waals surface area contributed by atoms with Crippen molar-refractivity contribution in [3.05, 3.63) is 0 Å². The molecule has 0 radical (unpaired) electrons. The largest absolute Gasteiger partial charge is 0.317 e. The van der Waals surface area contributed by atoms with E-state index in [1.807, 2.05) is 0 Å². The highest BCUT2D eigenvalue weighted by Crippen LogP contribution is 2.02. The molecular weight excluding hydrogens is 308 g/mol. The summed E-state index contributed by atoms with van der Waals surface area (Å²) >= 11 is 0. The highest BCUT2D eigenvalue weighted by Gasteiger charge is 2.07. The van der Waals surface area contributed by atoms with E-state index in [2.05, 4.69) is 34.3 Å². The Morgan fingerprint density at radius 2 is 0.875 bits per heavy atom. The normalized spacial score (nSPS) is 11.2. The molecule has 0 aromatic carbocycles. The van der Waals surface area contributed by atoms with E-state index in [4.69, 9.17) is 10.5 Å². The van der Waals surface area contributed by atoms with Gasteiger partial charge in [-0.3, -0.25) is 10.5 Å². The van der Waals surface area contributed by atoms with Gasteiger partial charge >= 0.3 is 0 Å². The van der Waals surface area contributed by atoms with Crippen molar-refractivity contribution in [3.8, 4) is 0 Å². The van der Waals surface area contributed by atoms with E-state index in [9.17, 15) is 0 Å². The molecule has 0 aromatic rings. The molecule has 150 valence electrons. The van der Waals surface area contributed by atoms with Gasteiger partial charge in [0.05, 0.1) is 11.2 Å². The van der Waals surface area contributed by atoms with Crippen LogP contribution >= 0.6 is 0 Å². The van der Waals surface area contributed by atoms with Crippen LogP contribution in [0.4, 0.5) is 0 Å². The smallest absolute Gasteiger partial charge is 0.0949 e. The first-order valence-electron chi connectivity index (χ1n) is 9.10. The molecule has 0 aromatic heterocycles. The Bertz CT molecular complexity index is 202. The van der Waals surface area contributed by atoms with Crippen LogP contribution < -0.4 is 10.6 Å². The average Bonchev–Trinajstić information content (AvgIpc) is 2.50. The van der Waals surface area contributed by atoms with Gasteiger partial charge in [-0.15, -0.1) is 0 Å². The van der Waals surface area contributed by atoms with Crippen LogP contribution in [-0.2, 0) is 9.78 Å². The summed E-state index contributed by atoms with van der Waals surface area (Å²) in [6.45, 7) is 19.5. The summed E-state index contributed by atoms with van der Waals surface area (Å²) in [6.07, 6.45) is 5.41. The van der Waals surface area contributed by atoms with Crippen molar-refractivity contribution in [1.29, 1.82) is 0 Å². The molecular formula is C18H44N2O4. The summed E-state index contributed by atoms with van der Waals surface area (Å²) in [7, 11) is 0. The minimum atomic E-state index is -0.403. The summed E-state index contributed by atoms with van der Waals surface area (Å²) in [5.41, 5.74) is -0.806. The molecule has 24 heavy (non-hydrogen) atoms. The highest BCUT2D eigenvalue weighted by molar-refractivity contribution is 4.54. The van der Waals surface area contributed by atoms with Gasteiger partial charge in [-0.25, -0.2) is 9.78 Å². The number of nitrogens with one attached hydrogen (secondary N) is 2. The molecule has 0 unspecified atom stereocenters. The summed E-state index contributed by atoms with van der Waals surface area (Å²) in [6, 6.07) is 0. The summed E-state index contributed by atoms with van der Waals surface area (Å²) in [4.78, 5) is 7.88. The van der Waals surface area contributed by atoms with E-state index in [0.29, 0.717) is 0 Å². The third-order valence-electron chi connectivity index (χ3n) is 2.50. The maximum Gasteiger partial charge on any atom is 0.0949 e. The van der Waals surface area contributed by atoms with Gasteiger partial charge in [0.15, 0.2) is 0 Å². The number of hydrogen-bond acceptors (Lipinski definition) is 6. The van der Waals surface area contributed by atoms with Crippen molar-refractivity contribution in [3.63, 3.8) is 0 Å². The molecule has 0 rings (SSSR count). The van der Waals surface area contributed by atoms with Crippen molar-refractivity contribution >= 4 is 0 Å². The van der Waals surface area contributed by atoms with Crippen LogP contribution in [0, 0.1) is 0 Å². The molecule has 6 heteroatoms. The fraction of sp³-hybridized carbons (Fsp3) is 1.00. The second-order valence-corrected chi connectivity index (χ2v) is 7.53. The van der Waals surface area contributed by atoms with Crippen molar-refractivity contribution in [1.82, 2.24) is 10.6 Å². The molecule has 0 fully saturated rings. The highest BCUT2D eigenvalue weighted by atomic mass is 17.1. The van der Waals surface area contributed by atoms with Crippen LogP contribution in [0.2, 0.25) is 0 Å². The zero-order valence-electron chi connectivity index (χ0n) is 17.4. The Balaban J connectivity index is -0.000000309. The first-order valence-corrected chi connectivity index (χ1v) is 9.10. The lowest BCUT2D eigenvalue weighted by atomic mass is 10.2. The van der Waals surface area contributed by atoms with E-state index in [1.54, 1.807) is 41.5 Å². The Hall–Kier alpha value is -0.240. The molecule has 0 bridgehead atoms. The van der Waals surface area contributed by atoms with Crippen LogP contribution in [0.5, 0.6) is 0 Å². The zero-order valence-corrected chi connectivity index (χ0v) is 17.4. The maximum absolute atomic E-state index is 7.90. The molecule has 0 saturated carbocycles. The molecule has 6 nitrogen and oxygen atoms in total. The molecule has 0 amide bonds. The first-order chi connectivity index (χ1) is 11.0. The quantitative estimate of drug-likeness (QED) is 0.281. The number of unbranched alkanes of at least 4 members (excludes halogenated alkanes) is 3. The van der Waals surface area contributed by atoms with E-state index in [-0.39, 0.29) is 0 Å². The monoisotopic (exact) mass is 352 g/mol. The van der Waals surface area contributed by atoms with Crippen molar-refractivity contribution in [2.75, 3.05) is 26.2 Å². The number of hydrogen-bond donors (Lipinski definition) is 4. The summed E-state index contributed by atoms with van der Waals surface area (Å²) < 4.78 is 0. The van der Waals surface area contributed by atoms with Gasteiger partial charge in [0, 0.05) is 0 Å². The fourth-order valence-corrected chi connectivity index (χ4v) is 1.21. The zero-order chi connectivity index (χ0) is 19.5. The number of rotatable bonds is 9.